The number of methoxy groups -OCH3 is 1. The van der Waals surface area contributed by atoms with Crippen molar-refractivity contribution in [3.8, 4) is 11.5 Å². The maximum atomic E-state index is 11.8. The molecular formula is C14H18BrNO3. The van der Waals surface area contributed by atoms with Gasteiger partial charge in [-0.05, 0) is 40.9 Å². The van der Waals surface area contributed by atoms with Gasteiger partial charge in [0.15, 0.2) is 6.61 Å². The standard InChI is InChI=1S/C14H18BrNO3/c1-18-11-7-4-8-12(14(11)15)19-9-13(17)16-10-5-2-3-6-10/h4,7-8,10H,2-3,5-6,9H2,1H3,(H,16,17). The molecule has 0 aromatic heterocycles. The van der Waals surface area contributed by atoms with Crippen LogP contribution in [0.5, 0.6) is 11.5 Å². The summed E-state index contributed by atoms with van der Waals surface area (Å²) in [5.74, 6) is 1.23. The Morgan fingerprint density at radius 3 is 2.74 bits per heavy atom. The molecule has 0 bridgehead atoms. The van der Waals surface area contributed by atoms with Gasteiger partial charge in [-0.2, -0.15) is 0 Å². The van der Waals surface area contributed by atoms with Crippen molar-refractivity contribution in [2.75, 3.05) is 13.7 Å². The van der Waals surface area contributed by atoms with Gasteiger partial charge >= 0.3 is 0 Å². The zero-order valence-corrected chi connectivity index (χ0v) is 12.5. The molecular weight excluding hydrogens is 310 g/mol. The number of nitrogens with one attached hydrogen (secondary N) is 1. The minimum absolute atomic E-state index is 0.0300. The summed E-state index contributed by atoms with van der Waals surface area (Å²) in [6.45, 7) is 0.0300. The Bertz CT molecular complexity index is 444. The minimum atomic E-state index is -0.0679. The van der Waals surface area contributed by atoms with E-state index in [1.165, 1.54) is 12.8 Å². The van der Waals surface area contributed by atoms with Crippen LogP contribution in [-0.2, 0) is 4.79 Å². The normalized spacial score (nSPS) is 15.3. The molecule has 104 valence electrons. The van der Waals surface area contributed by atoms with Crippen LogP contribution in [0.15, 0.2) is 22.7 Å². The van der Waals surface area contributed by atoms with Crippen molar-refractivity contribution >= 4 is 21.8 Å². The van der Waals surface area contributed by atoms with Crippen molar-refractivity contribution in [1.82, 2.24) is 5.32 Å². The van der Waals surface area contributed by atoms with Gasteiger partial charge in [0.2, 0.25) is 0 Å². The van der Waals surface area contributed by atoms with Gasteiger partial charge < -0.3 is 14.8 Å². The second-order valence-electron chi connectivity index (χ2n) is 4.61. The highest BCUT2D eigenvalue weighted by Gasteiger charge is 2.17. The summed E-state index contributed by atoms with van der Waals surface area (Å²) in [7, 11) is 1.59. The zero-order valence-electron chi connectivity index (χ0n) is 10.9. The average molecular weight is 328 g/mol. The molecule has 1 aromatic carbocycles. The summed E-state index contributed by atoms with van der Waals surface area (Å²) in [6, 6.07) is 5.78. The highest BCUT2D eigenvalue weighted by molar-refractivity contribution is 9.10. The van der Waals surface area contributed by atoms with Crippen LogP contribution >= 0.6 is 15.9 Å². The predicted molar refractivity (Wildman–Crippen MR) is 76.6 cm³/mol. The molecule has 2 rings (SSSR count). The van der Waals surface area contributed by atoms with Crippen LogP contribution in [0, 0.1) is 0 Å². The van der Waals surface area contributed by atoms with Crippen molar-refractivity contribution in [3.63, 3.8) is 0 Å². The number of benzene rings is 1. The number of ether oxygens (including phenoxy) is 2. The number of amides is 1. The zero-order chi connectivity index (χ0) is 13.7. The van der Waals surface area contributed by atoms with Crippen molar-refractivity contribution in [3.05, 3.63) is 22.7 Å². The third-order valence-corrected chi connectivity index (χ3v) is 4.01. The maximum Gasteiger partial charge on any atom is 0.258 e. The fourth-order valence-corrected chi connectivity index (χ4v) is 2.78. The van der Waals surface area contributed by atoms with Crippen molar-refractivity contribution in [1.29, 1.82) is 0 Å². The molecule has 1 N–H and O–H groups in total. The van der Waals surface area contributed by atoms with Crippen LogP contribution in [0.2, 0.25) is 0 Å². The predicted octanol–water partition coefficient (Wildman–Crippen LogP) is 2.90. The Morgan fingerprint density at radius 2 is 2.05 bits per heavy atom. The van der Waals surface area contributed by atoms with Crippen molar-refractivity contribution in [2.45, 2.75) is 31.7 Å². The van der Waals surface area contributed by atoms with Crippen LogP contribution in [0.3, 0.4) is 0 Å². The lowest BCUT2D eigenvalue weighted by molar-refractivity contribution is -0.123. The number of halogens is 1. The first-order valence-electron chi connectivity index (χ1n) is 6.45. The molecule has 4 nitrogen and oxygen atoms in total. The van der Waals surface area contributed by atoms with Gasteiger partial charge in [-0.25, -0.2) is 0 Å². The third kappa shape index (κ3) is 3.86. The molecule has 0 radical (unpaired) electrons. The topological polar surface area (TPSA) is 47.6 Å². The van der Waals surface area contributed by atoms with Gasteiger partial charge in [0.05, 0.1) is 7.11 Å². The number of rotatable bonds is 5. The highest BCUT2D eigenvalue weighted by atomic mass is 79.9. The lowest BCUT2D eigenvalue weighted by Crippen LogP contribution is -2.36. The monoisotopic (exact) mass is 327 g/mol. The molecule has 0 unspecified atom stereocenters. The molecule has 1 fully saturated rings. The average Bonchev–Trinajstić information content (AvgIpc) is 2.90. The largest absolute Gasteiger partial charge is 0.495 e. The summed E-state index contributed by atoms with van der Waals surface area (Å²) < 4.78 is 11.4. The molecule has 0 atom stereocenters. The van der Waals surface area contributed by atoms with Crippen molar-refractivity contribution in [2.24, 2.45) is 0 Å². The number of hydrogen-bond donors (Lipinski definition) is 1. The fraction of sp³-hybridized carbons (Fsp3) is 0.500. The van der Waals surface area contributed by atoms with Crippen molar-refractivity contribution < 1.29 is 14.3 Å². The summed E-state index contributed by atoms with van der Waals surface area (Å²) >= 11 is 3.40. The molecule has 0 spiro atoms. The Balaban J connectivity index is 1.86. The van der Waals surface area contributed by atoms with E-state index in [1.54, 1.807) is 13.2 Å². The summed E-state index contributed by atoms with van der Waals surface area (Å²) in [6.07, 6.45) is 4.56. The van der Waals surface area contributed by atoms with Gasteiger partial charge in [-0.1, -0.05) is 18.9 Å². The van der Waals surface area contributed by atoms with Gasteiger partial charge in [0, 0.05) is 6.04 Å². The molecule has 1 saturated carbocycles. The quantitative estimate of drug-likeness (QED) is 0.904. The van der Waals surface area contributed by atoms with E-state index in [0.717, 1.165) is 17.3 Å². The second-order valence-corrected chi connectivity index (χ2v) is 5.40. The first-order valence-corrected chi connectivity index (χ1v) is 7.24. The SMILES string of the molecule is COc1cccc(OCC(=O)NC2CCCC2)c1Br. The minimum Gasteiger partial charge on any atom is -0.495 e. The van der Waals surface area contributed by atoms with Crippen LogP contribution in [0.1, 0.15) is 25.7 Å². The molecule has 5 heteroatoms. The number of carbonyl (C=O) groups excluding carboxylic acids is 1. The van der Waals surface area contributed by atoms with Crippen LogP contribution in [0.25, 0.3) is 0 Å². The lowest BCUT2D eigenvalue weighted by atomic mass is 10.2. The molecule has 19 heavy (non-hydrogen) atoms. The Labute approximate surface area is 121 Å². The molecule has 0 saturated heterocycles. The first-order chi connectivity index (χ1) is 9.20. The second kappa shape index (κ2) is 6.80. The molecule has 1 amide bonds. The van der Waals surface area contributed by atoms with Gasteiger partial charge in [0.1, 0.15) is 16.0 Å². The van der Waals surface area contributed by atoms with E-state index in [2.05, 4.69) is 21.2 Å². The Morgan fingerprint density at radius 1 is 1.37 bits per heavy atom. The van der Waals surface area contributed by atoms with E-state index in [0.29, 0.717) is 17.5 Å². The molecule has 0 aliphatic heterocycles. The molecule has 1 aliphatic carbocycles. The number of hydrogen-bond acceptors (Lipinski definition) is 3. The van der Waals surface area contributed by atoms with Gasteiger partial charge in [0.25, 0.3) is 5.91 Å². The van der Waals surface area contributed by atoms with Gasteiger partial charge in [-0.15, -0.1) is 0 Å². The van der Waals surface area contributed by atoms with E-state index in [1.807, 2.05) is 12.1 Å². The van der Waals surface area contributed by atoms with E-state index >= 15 is 0 Å². The summed E-state index contributed by atoms with van der Waals surface area (Å²) in [5, 5.41) is 2.99. The summed E-state index contributed by atoms with van der Waals surface area (Å²) in [4.78, 5) is 11.8. The van der Waals surface area contributed by atoms with E-state index in [9.17, 15) is 4.79 Å². The van der Waals surface area contributed by atoms with E-state index in [-0.39, 0.29) is 12.5 Å². The van der Waals surface area contributed by atoms with Gasteiger partial charge in [-0.3, -0.25) is 4.79 Å². The Kier molecular flexibility index (Phi) is 5.07. The maximum absolute atomic E-state index is 11.8. The van der Waals surface area contributed by atoms with E-state index < -0.39 is 0 Å². The van der Waals surface area contributed by atoms with E-state index in [4.69, 9.17) is 9.47 Å². The lowest BCUT2D eigenvalue weighted by Gasteiger charge is -2.13. The summed E-state index contributed by atoms with van der Waals surface area (Å²) in [5.41, 5.74) is 0. The van der Waals surface area contributed by atoms with Crippen LogP contribution in [0.4, 0.5) is 0 Å². The molecule has 1 aliphatic rings. The first kappa shape index (κ1) is 14.2. The highest BCUT2D eigenvalue weighted by Crippen LogP contribution is 2.33. The molecule has 1 aromatic rings. The number of carbonyl (C=O) groups is 1. The smallest absolute Gasteiger partial charge is 0.258 e. The Hall–Kier alpha value is -1.23. The van der Waals surface area contributed by atoms with Crippen LogP contribution < -0.4 is 14.8 Å². The fourth-order valence-electron chi connectivity index (χ4n) is 2.24. The third-order valence-electron chi connectivity index (χ3n) is 3.23. The molecule has 0 heterocycles. The van der Waals surface area contributed by atoms with Crippen LogP contribution in [-0.4, -0.2) is 25.7 Å².